The SMILES string of the molecule is COc1ccccc1C1(CNC(=O)C2CNC2)CCCC1.Cl. The summed E-state index contributed by atoms with van der Waals surface area (Å²) in [6, 6.07) is 8.24. The van der Waals surface area contributed by atoms with Crippen LogP contribution < -0.4 is 15.4 Å². The highest BCUT2D eigenvalue weighted by atomic mass is 35.5. The number of carbonyl (C=O) groups is 1. The van der Waals surface area contributed by atoms with Crippen LogP contribution in [0.1, 0.15) is 31.2 Å². The molecule has 1 saturated carbocycles. The highest BCUT2D eigenvalue weighted by Crippen LogP contribution is 2.44. The molecule has 1 amide bonds. The van der Waals surface area contributed by atoms with Gasteiger partial charge in [-0.15, -0.1) is 12.4 Å². The summed E-state index contributed by atoms with van der Waals surface area (Å²) in [6.45, 7) is 2.35. The first-order chi connectivity index (χ1) is 10.2. The Morgan fingerprint density at radius 3 is 2.59 bits per heavy atom. The molecular weight excluding hydrogens is 300 g/mol. The van der Waals surface area contributed by atoms with Gasteiger partial charge in [-0.25, -0.2) is 0 Å². The van der Waals surface area contributed by atoms with Gasteiger partial charge in [-0.05, 0) is 18.9 Å². The Bertz CT molecular complexity index is 511. The van der Waals surface area contributed by atoms with E-state index in [4.69, 9.17) is 4.74 Å². The molecule has 0 unspecified atom stereocenters. The molecule has 0 spiro atoms. The molecule has 3 rings (SSSR count). The van der Waals surface area contributed by atoms with Crippen LogP contribution in [0.25, 0.3) is 0 Å². The number of ether oxygens (including phenoxy) is 1. The molecule has 2 aliphatic rings. The fraction of sp³-hybridized carbons (Fsp3) is 0.588. The van der Waals surface area contributed by atoms with Gasteiger partial charge in [0, 0.05) is 30.6 Å². The molecule has 1 aromatic carbocycles. The van der Waals surface area contributed by atoms with E-state index >= 15 is 0 Å². The number of nitrogens with one attached hydrogen (secondary N) is 2. The largest absolute Gasteiger partial charge is 0.496 e. The Morgan fingerprint density at radius 2 is 2.00 bits per heavy atom. The van der Waals surface area contributed by atoms with Crippen molar-refractivity contribution in [2.45, 2.75) is 31.1 Å². The van der Waals surface area contributed by atoms with Gasteiger partial charge < -0.3 is 15.4 Å². The van der Waals surface area contributed by atoms with Gasteiger partial charge in [-0.3, -0.25) is 4.79 Å². The summed E-state index contributed by atoms with van der Waals surface area (Å²) in [4.78, 5) is 12.1. The third-order valence-electron chi connectivity index (χ3n) is 4.99. The van der Waals surface area contributed by atoms with Gasteiger partial charge >= 0.3 is 0 Å². The van der Waals surface area contributed by atoms with Crippen LogP contribution in [0.15, 0.2) is 24.3 Å². The molecule has 0 atom stereocenters. The minimum Gasteiger partial charge on any atom is -0.496 e. The van der Waals surface area contributed by atoms with Gasteiger partial charge in [0.2, 0.25) is 5.91 Å². The number of hydrogen-bond acceptors (Lipinski definition) is 3. The molecule has 1 aliphatic carbocycles. The van der Waals surface area contributed by atoms with E-state index in [1.807, 2.05) is 12.1 Å². The van der Waals surface area contributed by atoms with Crippen LogP contribution in [0.5, 0.6) is 5.75 Å². The summed E-state index contributed by atoms with van der Waals surface area (Å²) in [5, 5.41) is 6.33. The minimum absolute atomic E-state index is 0. The number of hydrogen-bond donors (Lipinski definition) is 2. The van der Waals surface area contributed by atoms with Crippen molar-refractivity contribution in [1.82, 2.24) is 10.6 Å². The van der Waals surface area contributed by atoms with Crippen LogP contribution in [0.4, 0.5) is 0 Å². The Labute approximate surface area is 138 Å². The van der Waals surface area contributed by atoms with Gasteiger partial charge in [-0.2, -0.15) is 0 Å². The molecule has 2 N–H and O–H groups in total. The Balaban J connectivity index is 0.00000176. The van der Waals surface area contributed by atoms with E-state index in [1.54, 1.807) is 7.11 Å². The van der Waals surface area contributed by atoms with E-state index in [9.17, 15) is 4.79 Å². The number of benzene rings is 1. The predicted molar refractivity (Wildman–Crippen MR) is 89.8 cm³/mol. The molecular formula is C17H25ClN2O2. The summed E-state index contributed by atoms with van der Waals surface area (Å²) in [5.41, 5.74) is 1.29. The van der Waals surface area contributed by atoms with E-state index in [1.165, 1.54) is 18.4 Å². The maximum Gasteiger partial charge on any atom is 0.225 e. The zero-order valence-electron chi connectivity index (χ0n) is 13.1. The zero-order valence-corrected chi connectivity index (χ0v) is 13.9. The zero-order chi connectivity index (χ0) is 14.7. The fourth-order valence-corrected chi connectivity index (χ4v) is 3.55. The lowest BCUT2D eigenvalue weighted by Crippen LogP contribution is -2.52. The van der Waals surface area contributed by atoms with Crippen molar-refractivity contribution in [3.63, 3.8) is 0 Å². The van der Waals surface area contributed by atoms with E-state index in [0.717, 1.165) is 38.2 Å². The highest BCUT2D eigenvalue weighted by molar-refractivity contribution is 5.85. The summed E-state index contributed by atoms with van der Waals surface area (Å²) in [7, 11) is 1.72. The van der Waals surface area contributed by atoms with Crippen molar-refractivity contribution in [2.24, 2.45) is 5.92 Å². The molecule has 0 bridgehead atoms. The maximum absolute atomic E-state index is 12.1. The van der Waals surface area contributed by atoms with Crippen molar-refractivity contribution >= 4 is 18.3 Å². The molecule has 0 radical (unpaired) electrons. The first-order valence-corrected chi connectivity index (χ1v) is 7.87. The average molecular weight is 325 g/mol. The lowest BCUT2D eigenvalue weighted by molar-refractivity contribution is -0.126. The second-order valence-corrected chi connectivity index (χ2v) is 6.26. The summed E-state index contributed by atoms with van der Waals surface area (Å²) >= 11 is 0. The maximum atomic E-state index is 12.1. The predicted octanol–water partition coefficient (Wildman–Crippen LogP) is 2.26. The molecule has 22 heavy (non-hydrogen) atoms. The minimum atomic E-state index is 0. The van der Waals surface area contributed by atoms with Crippen LogP contribution in [0, 0.1) is 5.92 Å². The number of para-hydroxylation sites is 1. The standard InChI is InChI=1S/C17H24N2O2.ClH/c1-21-15-7-3-2-6-14(15)17(8-4-5-9-17)12-19-16(20)13-10-18-11-13;/h2-3,6-7,13,18H,4-5,8-12H2,1H3,(H,19,20);1H. The second kappa shape index (κ2) is 7.34. The van der Waals surface area contributed by atoms with Crippen LogP contribution in [0.2, 0.25) is 0 Å². The van der Waals surface area contributed by atoms with Gasteiger partial charge in [0.25, 0.3) is 0 Å². The molecule has 0 aromatic heterocycles. The monoisotopic (exact) mass is 324 g/mol. The number of amides is 1. The second-order valence-electron chi connectivity index (χ2n) is 6.26. The molecule has 1 aromatic rings. The summed E-state index contributed by atoms with van der Waals surface area (Å²) < 4.78 is 5.55. The van der Waals surface area contributed by atoms with Crippen molar-refractivity contribution in [1.29, 1.82) is 0 Å². The summed E-state index contributed by atoms with van der Waals surface area (Å²) in [5.74, 6) is 1.29. The van der Waals surface area contributed by atoms with Gasteiger partial charge in [0.05, 0.1) is 13.0 Å². The van der Waals surface area contributed by atoms with Crippen molar-refractivity contribution in [3.8, 4) is 5.75 Å². The molecule has 122 valence electrons. The normalized spacial score (nSPS) is 19.9. The number of methoxy groups -OCH3 is 1. The van der Waals surface area contributed by atoms with E-state index in [2.05, 4.69) is 22.8 Å². The smallest absolute Gasteiger partial charge is 0.225 e. The fourth-order valence-electron chi connectivity index (χ4n) is 3.55. The molecule has 4 nitrogen and oxygen atoms in total. The van der Waals surface area contributed by atoms with Crippen molar-refractivity contribution in [3.05, 3.63) is 29.8 Å². The van der Waals surface area contributed by atoms with Gasteiger partial charge in [0.15, 0.2) is 0 Å². The third kappa shape index (κ3) is 3.23. The van der Waals surface area contributed by atoms with Crippen molar-refractivity contribution in [2.75, 3.05) is 26.7 Å². The Hall–Kier alpha value is -1.26. The lowest BCUT2D eigenvalue weighted by atomic mass is 9.78. The molecule has 1 aliphatic heterocycles. The first kappa shape index (κ1) is 17.1. The topological polar surface area (TPSA) is 50.4 Å². The van der Waals surface area contributed by atoms with E-state index in [-0.39, 0.29) is 29.6 Å². The molecule has 2 fully saturated rings. The number of halogens is 1. The lowest BCUT2D eigenvalue weighted by Gasteiger charge is -2.33. The van der Waals surface area contributed by atoms with Crippen molar-refractivity contribution < 1.29 is 9.53 Å². The highest BCUT2D eigenvalue weighted by Gasteiger charge is 2.38. The molecule has 1 heterocycles. The number of rotatable bonds is 5. The van der Waals surface area contributed by atoms with Crippen LogP contribution >= 0.6 is 12.4 Å². The Morgan fingerprint density at radius 1 is 1.32 bits per heavy atom. The average Bonchev–Trinajstić information content (AvgIpc) is 2.93. The van der Waals surface area contributed by atoms with E-state index < -0.39 is 0 Å². The summed E-state index contributed by atoms with van der Waals surface area (Å²) in [6.07, 6.45) is 4.69. The number of carbonyl (C=O) groups excluding carboxylic acids is 1. The molecule has 1 saturated heterocycles. The third-order valence-corrected chi connectivity index (χ3v) is 4.99. The quantitative estimate of drug-likeness (QED) is 0.873. The van der Waals surface area contributed by atoms with Gasteiger partial charge in [-0.1, -0.05) is 31.0 Å². The Kier molecular flexibility index (Phi) is 5.70. The van der Waals surface area contributed by atoms with E-state index in [0.29, 0.717) is 0 Å². The van der Waals surface area contributed by atoms with Crippen LogP contribution in [-0.4, -0.2) is 32.7 Å². The first-order valence-electron chi connectivity index (χ1n) is 7.87. The van der Waals surface area contributed by atoms with Crippen LogP contribution in [-0.2, 0) is 10.2 Å². The molecule has 5 heteroatoms. The van der Waals surface area contributed by atoms with Gasteiger partial charge in [0.1, 0.15) is 5.75 Å². The van der Waals surface area contributed by atoms with Crippen LogP contribution in [0.3, 0.4) is 0 Å².